The van der Waals surface area contributed by atoms with Crippen LogP contribution in [-0.2, 0) is 0 Å². The molecule has 2 N–H and O–H groups in total. The molecule has 178 valence electrons. The molecule has 0 aliphatic heterocycles. The average molecular weight is 487 g/mol. The van der Waals surface area contributed by atoms with Gasteiger partial charge in [0.2, 0.25) is 5.13 Å². The summed E-state index contributed by atoms with van der Waals surface area (Å²) in [7, 11) is 3.18. The molecule has 1 aromatic heterocycles. The maximum absolute atomic E-state index is 12.9. The van der Waals surface area contributed by atoms with Crippen molar-refractivity contribution in [2.75, 3.05) is 25.0 Å². The maximum atomic E-state index is 12.9. The van der Waals surface area contributed by atoms with E-state index >= 15 is 0 Å². The maximum Gasteiger partial charge on any atom is 0.256 e. The lowest BCUT2D eigenvalue weighted by atomic mass is 10.1. The van der Waals surface area contributed by atoms with Gasteiger partial charge in [-0.05, 0) is 49.7 Å². The number of aromatic nitrogens is 1. The molecule has 0 bridgehead atoms. The molecule has 4 aromatic rings. The molecule has 4 rings (SSSR count). The number of methoxy groups -OCH3 is 2. The zero-order valence-corrected chi connectivity index (χ0v) is 20.8. The van der Waals surface area contributed by atoms with Gasteiger partial charge in [0.25, 0.3) is 5.91 Å². The summed E-state index contributed by atoms with van der Waals surface area (Å²) in [5.41, 5.74) is 8.22. The van der Waals surface area contributed by atoms with E-state index in [4.69, 9.17) is 14.5 Å². The Morgan fingerprint density at radius 3 is 2.23 bits per heavy atom. The lowest BCUT2D eigenvalue weighted by molar-refractivity contribution is 0.102. The molecular formula is C27H26N4O3S. The topological polar surface area (TPSA) is 84.8 Å². The van der Waals surface area contributed by atoms with Gasteiger partial charge < -0.3 is 14.8 Å². The minimum absolute atomic E-state index is 0.192. The number of carbonyl (C=O) groups is 1. The van der Waals surface area contributed by atoms with Crippen LogP contribution in [0.1, 0.15) is 27.0 Å². The first-order chi connectivity index (χ1) is 17.0. The molecule has 1 amide bonds. The van der Waals surface area contributed by atoms with E-state index in [1.54, 1.807) is 20.4 Å². The summed E-state index contributed by atoms with van der Waals surface area (Å²) in [5.74, 6) is 1.07. The van der Waals surface area contributed by atoms with Gasteiger partial charge in [0.1, 0.15) is 10.7 Å². The molecule has 1 heterocycles. The van der Waals surface area contributed by atoms with Gasteiger partial charge in [0.05, 0.1) is 20.4 Å². The van der Waals surface area contributed by atoms with Crippen molar-refractivity contribution in [2.45, 2.75) is 13.8 Å². The zero-order chi connectivity index (χ0) is 24.8. The Kier molecular flexibility index (Phi) is 7.42. The molecule has 0 unspecified atom stereocenters. The van der Waals surface area contributed by atoms with Crippen molar-refractivity contribution in [2.24, 2.45) is 5.10 Å². The fourth-order valence-electron chi connectivity index (χ4n) is 3.34. The van der Waals surface area contributed by atoms with Gasteiger partial charge in [-0.25, -0.2) is 4.98 Å². The summed E-state index contributed by atoms with van der Waals surface area (Å²) in [6.45, 7) is 4.02. The van der Waals surface area contributed by atoms with Crippen molar-refractivity contribution >= 4 is 33.6 Å². The van der Waals surface area contributed by atoms with Crippen molar-refractivity contribution in [1.82, 2.24) is 4.98 Å². The summed E-state index contributed by atoms with van der Waals surface area (Å²) in [4.78, 5) is 17.6. The number of hydrogen-bond donors (Lipinski definition) is 2. The number of anilines is 2. The predicted molar refractivity (Wildman–Crippen MR) is 142 cm³/mol. The molecule has 3 aromatic carbocycles. The highest BCUT2D eigenvalue weighted by molar-refractivity contribution is 7.20. The summed E-state index contributed by atoms with van der Waals surface area (Å²) < 4.78 is 10.6. The van der Waals surface area contributed by atoms with Crippen LogP contribution in [0.4, 0.5) is 10.1 Å². The van der Waals surface area contributed by atoms with Gasteiger partial charge in [0.15, 0.2) is 11.5 Å². The monoisotopic (exact) mass is 486 g/mol. The van der Waals surface area contributed by atoms with Crippen LogP contribution < -0.4 is 20.2 Å². The highest BCUT2D eigenvalue weighted by Crippen LogP contribution is 2.36. The third-order valence-electron chi connectivity index (χ3n) is 5.27. The number of hydrazone groups is 1. The van der Waals surface area contributed by atoms with Crippen LogP contribution >= 0.6 is 11.3 Å². The summed E-state index contributed by atoms with van der Waals surface area (Å²) >= 11 is 1.32. The molecule has 0 saturated heterocycles. The predicted octanol–water partition coefficient (Wildman–Crippen LogP) is 6.14. The number of carbonyl (C=O) groups excluding carboxylic acids is 1. The molecule has 8 heteroatoms. The first-order valence-electron chi connectivity index (χ1n) is 10.9. The third-order valence-corrected chi connectivity index (χ3v) is 6.15. The minimum atomic E-state index is -0.192. The van der Waals surface area contributed by atoms with E-state index in [1.165, 1.54) is 11.3 Å². The van der Waals surface area contributed by atoms with Crippen LogP contribution in [0.2, 0.25) is 0 Å². The largest absolute Gasteiger partial charge is 0.493 e. The molecule has 0 aliphatic carbocycles. The van der Waals surface area contributed by atoms with E-state index in [0.29, 0.717) is 32.9 Å². The van der Waals surface area contributed by atoms with Gasteiger partial charge in [-0.15, -0.1) is 0 Å². The quantitative estimate of drug-likeness (QED) is 0.231. The van der Waals surface area contributed by atoms with Gasteiger partial charge >= 0.3 is 0 Å². The highest BCUT2D eigenvalue weighted by Gasteiger charge is 2.16. The first kappa shape index (κ1) is 24.0. The number of thiazole rings is 1. The molecule has 0 saturated carbocycles. The molecule has 7 nitrogen and oxygen atoms in total. The SMILES string of the molecule is COc1ccc(C=NNc2nc(-c3ccc(C)cc3)c(NC(=O)c3ccc(C)cc3)s2)cc1OC. The number of amides is 1. The van der Waals surface area contributed by atoms with E-state index in [0.717, 1.165) is 22.3 Å². The van der Waals surface area contributed by atoms with Crippen molar-refractivity contribution in [3.05, 3.63) is 89.0 Å². The van der Waals surface area contributed by atoms with Crippen LogP contribution in [0.15, 0.2) is 71.8 Å². The van der Waals surface area contributed by atoms with Gasteiger partial charge in [-0.2, -0.15) is 5.10 Å². The zero-order valence-electron chi connectivity index (χ0n) is 20.0. The van der Waals surface area contributed by atoms with Crippen molar-refractivity contribution in [1.29, 1.82) is 0 Å². The number of nitrogens with zero attached hydrogens (tertiary/aromatic N) is 2. The molecule has 0 fully saturated rings. The molecule has 0 spiro atoms. The second kappa shape index (κ2) is 10.8. The highest BCUT2D eigenvalue weighted by atomic mass is 32.1. The molecule has 0 radical (unpaired) electrons. The lowest BCUT2D eigenvalue weighted by Gasteiger charge is -2.07. The Morgan fingerprint density at radius 2 is 1.57 bits per heavy atom. The molecule has 35 heavy (non-hydrogen) atoms. The Hall–Kier alpha value is -4.17. The summed E-state index contributed by atoms with van der Waals surface area (Å²) in [6.07, 6.45) is 1.67. The Balaban J connectivity index is 1.58. The second-order valence-electron chi connectivity index (χ2n) is 7.87. The third kappa shape index (κ3) is 5.85. The van der Waals surface area contributed by atoms with Gasteiger partial charge in [0, 0.05) is 11.1 Å². The fourth-order valence-corrected chi connectivity index (χ4v) is 4.17. The van der Waals surface area contributed by atoms with Crippen LogP contribution in [0.5, 0.6) is 11.5 Å². The first-order valence-corrected chi connectivity index (χ1v) is 11.8. The lowest BCUT2D eigenvalue weighted by Crippen LogP contribution is -2.11. The number of hydrogen-bond acceptors (Lipinski definition) is 7. The van der Waals surface area contributed by atoms with Crippen LogP contribution in [0, 0.1) is 13.8 Å². The minimum Gasteiger partial charge on any atom is -0.493 e. The summed E-state index contributed by atoms with van der Waals surface area (Å²) in [6, 6.07) is 21.0. The number of nitrogens with one attached hydrogen (secondary N) is 2. The number of rotatable bonds is 8. The van der Waals surface area contributed by atoms with Crippen molar-refractivity contribution < 1.29 is 14.3 Å². The van der Waals surface area contributed by atoms with E-state index in [9.17, 15) is 4.79 Å². The Morgan fingerprint density at radius 1 is 0.914 bits per heavy atom. The van der Waals surface area contributed by atoms with E-state index in [2.05, 4.69) is 15.8 Å². The fraction of sp³-hybridized carbons (Fsp3) is 0.148. The standard InChI is InChI=1S/C27H26N4O3S/c1-17-5-10-20(11-6-17)24-26(30-25(32)21-12-7-18(2)8-13-21)35-27(29-24)31-28-16-19-9-14-22(33-3)23(15-19)34-4/h5-16H,1-4H3,(H,29,31)(H,30,32). The molecular weight excluding hydrogens is 460 g/mol. The summed E-state index contributed by atoms with van der Waals surface area (Å²) in [5, 5.41) is 8.52. The van der Waals surface area contributed by atoms with Crippen molar-refractivity contribution in [3.8, 4) is 22.8 Å². The normalized spacial score (nSPS) is 10.9. The smallest absolute Gasteiger partial charge is 0.256 e. The van der Waals surface area contributed by atoms with E-state index in [-0.39, 0.29) is 5.91 Å². The molecule has 0 aliphatic rings. The Bertz CT molecular complexity index is 1350. The number of aryl methyl sites for hydroxylation is 2. The second-order valence-corrected chi connectivity index (χ2v) is 8.87. The number of ether oxygens (including phenoxy) is 2. The van der Waals surface area contributed by atoms with E-state index in [1.807, 2.05) is 80.6 Å². The van der Waals surface area contributed by atoms with Crippen LogP contribution in [0.25, 0.3) is 11.3 Å². The number of benzene rings is 3. The van der Waals surface area contributed by atoms with Crippen LogP contribution in [0.3, 0.4) is 0 Å². The van der Waals surface area contributed by atoms with Gasteiger partial charge in [-0.1, -0.05) is 58.9 Å². The van der Waals surface area contributed by atoms with Crippen molar-refractivity contribution in [3.63, 3.8) is 0 Å². The molecule has 0 atom stereocenters. The van der Waals surface area contributed by atoms with E-state index < -0.39 is 0 Å². The van der Waals surface area contributed by atoms with Crippen LogP contribution in [-0.4, -0.2) is 31.3 Å². The van der Waals surface area contributed by atoms with Gasteiger partial charge in [-0.3, -0.25) is 10.2 Å². The average Bonchev–Trinajstić information content (AvgIpc) is 3.27. The Labute approximate surface area is 208 Å².